The molecule has 0 saturated heterocycles. The number of ether oxygens (including phenoxy) is 1. The highest BCUT2D eigenvalue weighted by molar-refractivity contribution is 7.10. The van der Waals surface area contributed by atoms with Crippen LogP contribution in [-0.4, -0.2) is 34.4 Å². The van der Waals surface area contributed by atoms with Gasteiger partial charge in [-0.3, -0.25) is 0 Å². The third-order valence-electron chi connectivity index (χ3n) is 2.87. The summed E-state index contributed by atoms with van der Waals surface area (Å²) in [6.45, 7) is 0.821. The smallest absolute Gasteiger partial charge is 0.378 e. The van der Waals surface area contributed by atoms with Crippen molar-refractivity contribution in [2.24, 2.45) is 0 Å². The zero-order chi connectivity index (χ0) is 12.5. The van der Waals surface area contributed by atoms with Gasteiger partial charge < -0.3 is 10.1 Å². The van der Waals surface area contributed by atoms with E-state index in [1.807, 2.05) is 11.4 Å². The number of nitrogens with zero attached hydrogens (tertiary/aromatic N) is 3. The van der Waals surface area contributed by atoms with Gasteiger partial charge in [0.15, 0.2) is 0 Å². The minimum atomic E-state index is -0.511. The predicted octanol–water partition coefficient (Wildman–Crippen LogP) is 1.53. The normalized spacial score (nSPS) is 17.9. The lowest BCUT2D eigenvalue weighted by atomic mass is 10.1. The second kappa shape index (κ2) is 4.41. The average molecular weight is 264 g/mol. The lowest BCUT2D eigenvalue weighted by Crippen LogP contribution is -2.24. The molecule has 1 unspecified atom stereocenters. The van der Waals surface area contributed by atoms with Crippen molar-refractivity contribution in [2.75, 3.05) is 19.0 Å². The van der Waals surface area contributed by atoms with E-state index in [9.17, 15) is 4.79 Å². The zero-order valence-corrected chi connectivity index (χ0v) is 10.6. The molecule has 0 aliphatic carbocycles. The molecule has 1 atom stereocenters. The first kappa shape index (κ1) is 11.2. The van der Waals surface area contributed by atoms with Gasteiger partial charge in [0.25, 0.3) is 5.82 Å². The highest BCUT2D eigenvalue weighted by Gasteiger charge is 2.27. The van der Waals surface area contributed by atoms with Crippen LogP contribution in [0.4, 0.5) is 5.95 Å². The van der Waals surface area contributed by atoms with Crippen LogP contribution in [0.5, 0.6) is 0 Å². The summed E-state index contributed by atoms with van der Waals surface area (Å²) in [5, 5.41) is 9.41. The molecular formula is C11H12N4O2S. The Morgan fingerprint density at radius 2 is 2.56 bits per heavy atom. The topological polar surface area (TPSA) is 69.0 Å². The number of carbonyl (C=O) groups excluding carboxylic acids is 1. The van der Waals surface area contributed by atoms with E-state index in [0.29, 0.717) is 5.95 Å². The van der Waals surface area contributed by atoms with E-state index in [-0.39, 0.29) is 11.9 Å². The van der Waals surface area contributed by atoms with E-state index in [4.69, 9.17) is 0 Å². The van der Waals surface area contributed by atoms with Crippen LogP contribution in [-0.2, 0) is 4.74 Å². The Bertz CT molecular complexity index is 564. The van der Waals surface area contributed by atoms with Gasteiger partial charge in [-0.05, 0) is 17.9 Å². The number of methoxy groups -OCH3 is 1. The molecule has 0 radical (unpaired) electrons. The second-order valence-electron chi connectivity index (χ2n) is 3.94. The van der Waals surface area contributed by atoms with Crippen LogP contribution in [0.3, 0.4) is 0 Å². The highest BCUT2D eigenvalue weighted by Crippen LogP contribution is 2.30. The Morgan fingerprint density at radius 1 is 1.67 bits per heavy atom. The summed E-state index contributed by atoms with van der Waals surface area (Å²) in [6.07, 6.45) is 0.928. The summed E-state index contributed by atoms with van der Waals surface area (Å²) in [4.78, 5) is 16.8. The molecule has 2 aromatic heterocycles. The molecule has 1 N–H and O–H groups in total. The number of esters is 1. The van der Waals surface area contributed by atoms with Crippen molar-refractivity contribution < 1.29 is 9.53 Å². The van der Waals surface area contributed by atoms with E-state index in [1.165, 1.54) is 12.0 Å². The molecule has 2 aromatic rings. The van der Waals surface area contributed by atoms with E-state index >= 15 is 0 Å². The number of rotatable bonds is 2. The minimum absolute atomic E-state index is 0.100. The van der Waals surface area contributed by atoms with Crippen LogP contribution in [0.1, 0.15) is 28.0 Å². The summed E-state index contributed by atoms with van der Waals surface area (Å²) in [5.41, 5.74) is 0. The molecule has 0 spiro atoms. The number of hydrogen-bond donors (Lipinski definition) is 1. The van der Waals surface area contributed by atoms with E-state index in [1.54, 1.807) is 16.0 Å². The standard InChI is InChI=1S/C11H12N4O2S/c1-17-10(16)9-13-11-12-5-4-7(15(11)14-9)8-3-2-6-18-8/h2-3,6-7H,4-5H2,1H3,(H,12,13,14). The third-order valence-corrected chi connectivity index (χ3v) is 3.84. The van der Waals surface area contributed by atoms with Crippen molar-refractivity contribution in [1.82, 2.24) is 14.8 Å². The molecule has 3 heterocycles. The van der Waals surface area contributed by atoms with Gasteiger partial charge in [-0.15, -0.1) is 16.4 Å². The fraction of sp³-hybridized carbons (Fsp3) is 0.364. The fourth-order valence-corrected chi connectivity index (χ4v) is 2.87. The maximum Gasteiger partial charge on any atom is 0.378 e. The van der Waals surface area contributed by atoms with Gasteiger partial charge in [0.2, 0.25) is 5.95 Å². The molecule has 0 bridgehead atoms. The number of thiophene rings is 1. The highest BCUT2D eigenvalue weighted by atomic mass is 32.1. The predicted molar refractivity (Wildman–Crippen MR) is 66.9 cm³/mol. The summed E-state index contributed by atoms with van der Waals surface area (Å²) in [6, 6.07) is 4.23. The van der Waals surface area contributed by atoms with Crippen molar-refractivity contribution in [3.05, 3.63) is 28.2 Å². The van der Waals surface area contributed by atoms with Crippen molar-refractivity contribution >= 4 is 23.3 Å². The van der Waals surface area contributed by atoms with Crippen LogP contribution in [0.25, 0.3) is 0 Å². The van der Waals surface area contributed by atoms with Gasteiger partial charge in [-0.2, -0.15) is 4.98 Å². The fourth-order valence-electron chi connectivity index (χ4n) is 2.03. The number of carbonyl (C=O) groups is 1. The van der Waals surface area contributed by atoms with Crippen molar-refractivity contribution in [2.45, 2.75) is 12.5 Å². The molecule has 18 heavy (non-hydrogen) atoms. The maximum atomic E-state index is 11.4. The van der Waals surface area contributed by atoms with Gasteiger partial charge in [0.1, 0.15) is 0 Å². The van der Waals surface area contributed by atoms with Crippen LogP contribution >= 0.6 is 11.3 Å². The summed E-state index contributed by atoms with van der Waals surface area (Å²) >= 11 is 1.68. The number of nitrogens with one attached hydrogen (secondary N) is 1. The molecule has 94 valence electrons. The second-order valence-corrected chi connectivity index (χ2v) is 4.92. The lowest BCUT2D eigenvalue weighted by Gasteiger charge is -2.23. The van der Waals surface area contributed by atoms with Crippen molar-refractivity contribution in [3.8, 4) is 0 Å². The van der Waals surface area contributed by atoms with Gasteiger partial charge >= 0.3 is 5.97 Å². The van der Waals surface area contributed by atoms with Crippen molar-refractivity contribution in [3.63, 3.8) is 0 Å². The summed E-state index contributed by atoms with van der Waals surface area (Å²) in [7, 11) is 1.33. The third kappa shape index (κ3) is 1.76. The largest absolute Gasteiger partial charge is 0.463 e. The Labute approximate surface area is 108 Å². The maximum absolute atomic E-state index is 11.4. The molecule has 1 aliphatic heterocycles. The van der Waals surface area contributed by atoms with E-state index in [0.717, 1.165) is 13.0 Å². The van der Waals surface area contributed by atoms with Gasteiger partial charge in [-0.1, -0.05) is 6.07 Å². The number of anilines is 1. The Hall–Kier alpha value is -1.89. The molecule has 1 aliphatic rings. The summed E-state index contributed by atoms with van der Waals surface area (Å²) in [5.74, 6) is 0.215. The Kier molecular flexibility index (Phi) is 2.75. The monoisotopic (exact) mass is 264 g/mol. The van der Waals surface area contributed by atoms with Crippen molar-refractivity contribution in [1.29, 1.82) is 0 Å². The van der Waals surface area contributed by atoms with Crippen LogP contribution < -0.4 is 5.32 Å². The first-order valence-electron chi connectivity index (χ1n) is 5.61. The Morgan fingerprint density at radius 3 is 3.28 bits per heavy atom. The Balaban J connectivity index is 2.00. The molecule has 0 amide bonds. The number of fused-ring (bicyclic) bond motifs is 1. The molecule has 0 fully saturated rings. The van der Waals surface area contributed by atoms with Crippen LogP contribution in [0, 0.1) is 0 Å². The molecule has 3 rings (SSSR count). The van der Waals surface area contributed by atoms with E-state index in [2.05, 4.69) is 26.2 Å². The van der Waals surface area contributed by atoms with Gasteiger partial charge in [-0.25, -0.2) is 9.48 Å². The molecule has 7 heteroatoms. The van der Waals surface area contributed by atoms with Crippen LogP contribution in [0.2, 0.25) is 0 Å². The molecule has 0 aromatic carbocycles. The average Bonchev–Trinajstić information content (AvgIpc) is 3.05. The number of hydrogen-bond acceptors (Lipinski definition) is 6. The minimum Gasteiger partial charge on any atom is -0.463 e. The first-order chi connectivity index (χ1) is 8.79. The SMILES string of the molecule is COC(=O)c1nc2n(n1)C(c1cccs1)CCN2. The van der Waals surface area contributed by atoms with Crippen LogP contribution in [0.15, 0.2) is 17.5 Å². The first-order valence-corrected chi connectivity index (χ1v) is 6.49. The zero-order valence-electron chi connectivity index (χ0n) is 9.79. The number of aromatic nitrogens is 3. The van der Waals surface area contributed by atoms with E-state index < -0.39 is 5.97 Å². The van der Waals surface area contributed by atoms with Gasteiger partial charge in [0.05, 0.1) is 13.2 Å². The molecule has 0 saturated carbocycles. The quantitative estimate of drug-likeness (QED) is 0.833. The molecular weight excluding hydrogens is 252 g/mol. The van der Waals surface area contributed by atoms with Gasteiger partial charge in [0, 0.05) is 11.4 Å². The molecule has 6 nitrogen and oxygen atoms in total. The lowest BCUT2D eigenvalue weighted by molar-refractivity contribution is 0.0586. The summed E-state index contributed by atoms with van der Waals surface area (Å²) < 4.78 is 6.40.